The molecule has 0 radical (unpaired) electrons. The molecule has 6 nitrogen and oxygen atoms in total. The van der Waals surface area contributed by atoms with E-state index in [0.717, 1.165) is 37.8 Å². The molecule has 0 aromatic carbocycles. The molecule has 1 amide bonds. The van der Waals surface area contributed by atoms with E-state index in [0.29, 0.717) is 17.9 Å². The summed E-state index contributed by atoms with van der Waals surface area (Å²) in [4.78, 5) is 12.4. The maximum absolute atomic E-state index is 12.4. The van der Waals surface area contributed by atoms with Crippen molar-refractivity contribution in [2.75, 3.05) is 14.2 Å². The molecule has 8 unspecified atom stereocenters. The SMILES string of the molecule is COC1CCC(C2=NN(C(C)=O)C(C3CC4CCCCC4NC3Cl)C2)CC1OC. The molecule has 29 heavy (non-hydrogen) atoms. The van der Waals surface area contributed by atoms with Gasteiger partial charge in [0.1, 0.15) is 0 Å². The van der Waals surface area contributed by atoms with Gasteiger partial charge in [-0.2, -0.15) is 5.10 Å². The van der Waals surface area contributed by atoms with Crippen LogP contribution >= 0.6 is 11.6 Å². The number of fused-ring (bicyclic) bond motifs is 1. The third kappa shape index (κ3) is 4.36. The zero-order valence-corrected chi connectivity index (χ0v) is 18.7. The van der Waals surface area contributed by atoms with E-state index in [-0.39, 0.29) is 35.6 Å². The Balaban J connectivity index is 1.47. The average Bonchev–Trinajstić information content (AvgIpc) is 3.18. The number of amides is 1. The van der Waals surface area contributed by atoms with Gasteiger partial charge in [-0.3, -0.25) is 10.1 Å². The summed E-state index contributed by atoms with van der Waals surface area (Å²) in [7, 11) is 3.51. The minimum atomic E-state index is -0.0910. The van der Waals surface area contributed by atoms with Crippen LogP contribution in [0.1, 0.15) is 64.7 Å². The molecule has 0 aromatic rings. The third-order valence-electron chi connectivity index (χ3n) is 7.83. The summed E-state index contributed by atoms with van der Waals surface area (Å²) in [5.41, 5.74) is 1.06. The Labute approximate surface area is 179 Å². The minimum Gasteiger partial charge on any atom is -0.379 e. The molecule has 1 saturated heterocycles. The van der Waals surface area contributed by atoms with Crippen LogP contribution in [0.2, 0.25) is 0 Å². The second-order valence-electron chi connectivity index (χ2n) is 9.40. The zero-order chi connectivity index (χ0) is 20.5. The van der Waals surface area contributed by atoms with E-state index in [2.05, 4.69) is 5.32 Å². The number of nitrogens with zero attached hydrogens (tertiary/aromatic N) is 2. The van der Waals surface area contributed by atoms with Crippen molar-refractivity contribution in [3.05, 3.63) is 0 Å². The molecule has 2 aliphatic heterocycles. The van der Waals surface area contributed by atoms with Gasteiger partial charge in [0.2, 0.25) is 5.91 Å². The topological polar surface area (TPSA) is 63.2 Å². The van der Waals surface area contributed by atoms with Gasteiger partial charge in [0.25, 0.3) is 0 Å². The van der Waals surface area contributed by atoms with Crippen LogP contribution in [0.3, 0.4) is 0 Å². The van der Waals surface area contributed by atoms with Crippen LogP contribution in [-0.2, 0) is 14.3 Å². The van der Waals surface area contributed by atoms with Gasteiger partial charge >= 0.3 is 0 Å². The van der Waals surface area contributed by atoms with Crippen molar-refractivity contribution in [1.82, 2.24) is 10.3 Å². The first-order chi connectivity index (χ1) is 14.0. The maximum Gasteiger partial charge on any atom is 0.239 e. The molecule has 2 aliphatic carbocycles. The van der Waals surface area contributed by atoms with E-state index < -0.39 is 0 Å². The van der Waals surface area contributed by atoms with E-state index in [1.54, 1.807) is 26.2 Å². The van der Waals surface area contributed by atoms with Gasteiger partial charge in [-0.15, -0.1) is 11.6 Å². The Hall–Kier alpha value is -0.690. The molecule has 2 heterocycles. The fraction of sp³-hybridized carbons (Fsp3) is 0.909. The number of nitrogens with one attached hydrogen (secondary N) is 1. The summed E-state index contributed by atoms with van der Waals surface area (Å²) < 4.78 is 11.3. The minimum absolute atomic E-state index is 0.0218. The molecule has 1 N–H and O–H groups in total. The average molecular weight is 426 g/mol. The van der Waals surface area contributed by atoms with Gasteiger partial charge in [0.15, 0.2) is 0 Å². The quantitative estimate of drug-likeness (QED) is 0.552. The van der Waals surface area contributed by atoms with Crippen molar-refractivity contribution in [2.24, 2.45) is 22.9 Å². The lowest BCUT2D eigenvalue weighted by Gasteiger charge is -2.45. The number of halogens is 1. The van der Waals surface area contributed by atoms with Crippen molar-refractivity contribution in [3.63, 3.8) is 0 Å². The molecule has 4 rings (SSSR count). The molecule has 7 heteroatoms. The van der Waals surface area contributed by atoms with Crippen molar-refractivity contribution in [3.8, 4) is 0 Å². The smallest absolute Gasteiger partial charge is 0.239 e. The van der Waals surface area contributed by atoms with Crippen molar-refractivity contribution >= 4 is 23.2 Å². The van der Waals surface area contributed by atoms with Crippen molar-refractivity contribution in [1.29, 1.82) is 0 Å². The van der Waals surface area contributed by atoms with Gasteiger partial charge in [-0.05, 0) is 44.4 Å². The van der Waals surface area contributed by atoms with Crippen LogP contribution in [0, 0.1) is 17.8 Å². The van der Waals surface area contributed by atoms with E-state index in [1.165, 1.54) is 25.7 Å². The standard InChI is InChI=1S/C22H36ClN3O3/c1-13(27)26-19(16-10-14-6-4-5-7-17(14)24-22(16)23)12-18(25-26)15-8-9-20(28-2)21(11-15)29-3/h14-17,19-22,24H,4-12H2,1-3H3. The van der Waals surface area contributed by atoms with Crippen molar-refractivity contribution < 1.29 is 14.3 Å². The predicted molar refractivity (Wildman–Crippen MR) is 114 cm³/mol. The molecular formula is C22H36ClN3O3. The Morgan fingerprint density at radius 3 is 2.59 bits per heavy atom. The van der Waals surface area contributed by atoms with Crippen LogP contribution in [0.25, 0.3) is 0 Å². The first-order valence-electron chi connectivity index (χ1n) is 11.3. The van der Waals surface area contributed by atoms with Crippen LogP contribution in [0.5, 0.6) is 0 Å². The maximum atomic E-state index is 12.4. The third-order valence-corrected chi connectivity index (χ3v) is 8.28. The van der Waals surface area contributed by atoms with Gasteiger partial charge < -0.3 is 9.47 Å². The number of hydrogen-bond acceptors (Lipinski definition) is 5. The highest BCUT2D eigenvalue weighted by Crippen LogP contribution is 2.42. The summed E-state index contributed by atoms with van der Waals surface area (Å²) in [6.45, 7) is 1.63. The molecule has 2 saturated carbocycles. The number of alkyl halides is 1. The van der Waals surface area contributed by atoms with Gasteiger partial charge in [-0.25, -0.2) is 5.01 Å². The molecule has 0 spiro atoms. The number of methoxy groups -OCH3 is 2. The summed E-state index contributed by atoms with van der Waals surface area (Å²) in [6.07, 6.45) is 10.2. The fourth-order valence-electron chi connectivity index (χ4n) is 6.22. The number of carbonyl (C=O) groups excluding carboxylic acids is 1. The lowest BCUT2D eigenvalue weighted by Crippen LogP contribution is -2.56. The van der Waals surface area contributed by atoms with E-state index in [9.17, 15) is 4.79 Å². The number of carbonyl (C=O) groups is 1. The molecule has 164 valence electrons. The second kappa shape index (κ2) is 9.21. The number of hydrogen-bond donors (Lipinski definition) is 1. The van der Waals surface area contributed by atoms with Crippen LogP contribution < -0.4 is 5.32 Å². The molecule has 3 fully saturated rings. The van der Waals surface area contributed by atoms with Gasteiger partial charge in [0, 0.05) is 51.2 Å². The zero-order valence-electron chi connectivity index (χ0n) is 18.0. The van der Waals surface area contributed by atoms with Crippen LogP contribution in [-0.4, -0.2) is 60.6 Å². The van der Waals surface area contributed by atoms with E-state index in [1.807, 2.05) is 0 Å². The summed E-state index contributed by atoms with van der Waals surface area (Å²) in [6, 6.07) is 0.614. The van der Waals surface area contributed by atoms with Gasteiger partial charge in [-0.1, -0.05) is 12.8 Å². The first kappa shape index (κ1) is 21.5. The monoisotopic (exact) mass is 425 g/mol. The highest BCUT2D eigenvalue weighted by molar-refractivity contribution is 6.20. The highest BCUT2D eigenvalue weighted by Gasteiger charge is 2.46. The molecule has 8 atom stereocenters. The Bertz CT molecular complexity index is 630. The van der Waals surface area contributed by atoms with Gasteiger partial charge in [0.05, 0.1) is 23.8 Å². The molecule has 0 bridgehead atoms. The van der Waals surface area contributed by atoms with E-state index >= 15 is 0 Å². The summed E-state index contributed by atoms with van der Waals surface area (Å²) in [5, 5.41) is 10.3. The lowest BCUT2D eigenvalue weighted by molar-refractivity contribution is -0.132. The molecular weight excluding hydrogens is 390 g/mol. The fourth-order valence-corrected chi connectivity index (χ4v) is 6.65. The van der Waals surface area contributed by atoms with Crippen LogP contribution in [0.15, 0.2) is 5.10 Å². The Kier molecular flexibility index (Phi) is 6.84. The molecule has 4 aliphatic rings. The molecule has 0 aromatic heterocycles. The lowest BCUT2D eigenvalue weighted by atomic mass is 9.73. The number of piperidine rings is 1. The highest BCUT2D eigenvalue weighted by atomic mass is 35.5. The number of ether oxygens (including phenoxy) is 2. The summed E-state index contributed by atoms with van der Waals surface area (Å²) >= 11 is 6.83. The van der Waals surface area contributed by atoms with E-state index in [4.69, 9.17) is 26.2 Å². The summed E-state index contributed by atoms with van der Waals surface area (Å²) in [5.74, 6) is 1.30. The van der Waals surface area contributed by atoms with Crippen molar-refractivity contribution in [2.45, 2.75) is 94.5 Å². The second-order valence-corrected chi connectivity index (χ2v) is 9.87. The number of hydrazone groups is 1. The van der Waals surface area contributed by atoms with Crippen LogP contribution in [0.4, 0.5) is 0 Å². The largest absolute Gasteiger partial charge is 0.379 e. The Morgan fingerprint density at radius 2 is 1.86 bits per heavy atom. The normalized spacial score (nSPS) is 43.0. The Morgan fingerprint density at radius 1 is 1.10 bits per heavy atom. The first-order valence-corrected chi connectivity index (χ1v) is 11.8. The number of rotatable bonds is 4. The predicted octanol–water partition coefficient (Wildman–Crippen LogP) is 3.53.